The Balaban J connectivity index is 1.63. The van der Waals surface area contributed by atoms with E-state index in [0.717, 1.165) is 22.4 Å². The molecule has 0 bridgehead atoms. The Morgan fingerprint density at radius 2 is 1.96 bits per heavy atom. The zero-order valence-corrected chi connectivity index (χ0v) is 15.3. The third kappa shape index (κ3) is 3.10. The van der Waals surface area contributed by atoms with Crippen LogP contribution >= 0.6 is 23.1 Å². The molecule has 0 spiro atoms. The van der Waals surface area contributed by atoms with Crippen LogP contribution in [0.5, 0.6) is 0 Å². The fraction of sp³-hybridized carbons (Fsp3) is 0.176. The minimum Gasteiger partial charge on any atom is -0.274 e. The molecule has 0 N–H and O–H groups in total. The summed E-state index contributed by atoms with van der Waals surface area (Å²) in [7, 11) is 0. The maximum Gasteiger partial charge on any atom is 0.258 e. The standard InChI is InChI=1S/C17H15N5OS2/c1-11-3-5-14(6-4-11)22-12(2)19-20-17(22)25-10-13-9-15(23)21-7-8-24-16(21)18-13/h3-9H,10H2,1-2H3. The fourth-order valence-electron chi connectivity index (χ4n) is 2.53. The van der Waals surface area contributed by atoms with Crippen molar-refractivity contribution in [3.05, 3.63) is 69.3 Å². The van der Waals surface area contributed by atoms with Crippen molar-refractivity contribution in [1.29, 1.82) is 0 Å². The van der Waals surface area contributed by atoms with E-state index in [1.165, 1.54) is 28.7 Å². The second-order valence-electron chi connectivity index (χ2n) is 5.63. The molecular weight excluding hydrogens is 354 g/mol. The molecule has 0 aliphatic heterocycles. The molecule has 3 heterocycles. The van der Waals surface area contributed by atoms with Crippen molar-refractivity contribution in [2.75, 3.05) is 0 Å². The lowest BCUT2D eigenvalue weighted by atomic mass is 10.2. The third-order valence-electron chi connectivity index (χ3n) is 3.79. The van der Waals surface area contributed by atoms with Crippen molar-refractivity contribution in [2.24, 2.45) is 0 Å². The zero-order valence-electron chi connectivity index (χ0n) is 13.7. The first-order chi connectivity index (χ1) is 12.1. The molecule has 0 saturated heterocycles. The summed E-state index contributed by atoms with van der Waals surface area (Å²) < 4.78 is 3.57. The molecule has 25 heavy (non-hydrogen) atoms. The molecule has 4 rings (SSSR count). The van der Waals surface area contributed by atoms with Gasteiger partial charge >= 0.3 is 0 Å². The number of fused-ring (bicyclic) bond motifs is 1. The summed E-state index contributed by atoms with van der Waals surface area (Å²) in [5.41, 5.74) is 2.92. The molecule has 0 amide bonds. The summed E-state index contributed by atoms with van der Waals surface area (Å²) in [6.45, 7) is 3.99. The van der Waals surface area contributed by atoms with E-state index < -0.39 is 0 Å². The van der Waals surface area contributed by atoms with E-state index in [1.54, 1.807) is 16.7 Å². The van der Waals surface area contributed by atoms with Gasteiger partial charge in [0, 0.05) is 29.1 Å². The number of aromatic nitrogens is 5. The summed E-state index contributed by atoms with van der Waals surface area (Å²) >= 11 is 2.98. The quantitative estimate of drug-likeness (QED) is 0.517. The zero-order chi connectivity index (χ0) is 17.4. The molecule has 0 aliphatic carbocycles. The maximum absolute atomic E-state index is 12.1. The number of nitrogens with zero attached hydrogens (tertiary/aromatic N) is 5. The van der Waals surface area contributed by atoms with E-state index in [2.05, 4.69) is 46.4 Å². The lowest BCUT2D eigenvalue weighted by Crippen LogP contribution is -2.12. The van der Waals surface area contributed by atoms with Crippen molar-refractivity contribution in [3.8, 4) is 5.69 Å². The normalized spacial score (nSPS) is 11.3. The number of thioether (sulfide) groups is 1. The molecule has 0 atom stereocenters. The number of aryl methyl sites for hydroxylation is 2. The molecular formula is C17H15N5OS2. The van der Waals surface area contributed by atoms with E-state index in [9.17, 15) is 4.79 Å². The van der Waals surface area contributed by atoms with Crippen LogP contribution in [0.3, 0.4) is 0 Å². The fourth-order valence-corrected chi connectivity index (χ4v) is 4.16. The first-order valence-electron chi connectivity index (χ1n) is 7.69. The van der Waals surface area contributed by atoms with Crippen molar-refractivity contribution >= 4 is 28.1 Å². The number of thiazole rings is 1. The molecule has 0 saturated carbocycles. The highest BCUT2D eigenvalue weighted by Gasteiger charge is 2.12. The van der Waals surface area contributed by atoms with Gasteiger partial charge in [0.15, 0.2) is 10.1 Å². The largest absolute Gasteiger partial charge is 0.274 e. The third-order valence-corrected chi connectivity index (χ3v) is 5.51. The topological polar surface area (TPSA) is 65.1 Å². The van der Waals surface area contributed by atoms with Crippen molar-refractivity contribution < 1.29 is 0 Å². The average Bonchev–Trinajstić information content (AvgIpc) is 3.21. The highest BCUT2D eigenvalue weighted by molar-refractivity contribution is 7.98. The second kappa shape index (κ2) is 6.45. The van der Waals surface area contributed by atoms with Crippen LogP contribution in [-0.4, -0.2) is 24.1 Å². The Hall–Kier alpha value is -2.45. The van der Waals surface area contributed by atoms with E-state index in [1.807, 2.05) is 16.9 Å². The van der Waals surface area contributed by atoms with Crippen LogP contribution in [0.25, 0.3) is 10.6 Å². The van der Waals surface area contributed by atoms with Gasteiger partial charge in [-0.2, -0.15) is 0 Å². The van der Waals surface area contributed by atoms with Gasteiger partial charge in [-0.25, -0.2) is 4.98 Å². The van der Waals surface area contributed by atoms with Gasteiger partial charge in [-0.05, 0) is 26.0 Å². The minimum absolute atomic E-state index is 0.0574. The van der Waals surface area contributed by atoms with Gasteiger partial charge in [0.05, 0.1) is 5.69 Å². The summed E-state index contributed by atoms with van der Waals surface area (Å²) in [6, 6.07) is 9.81. The first kappa shape index (κ1) is 16.0. The van der Waals surface area contributed by atoms with Crippen LogP contribution in [0.15, 0.2) is 51.9 Å². The summed E-state index contributed by atoms with van der Waals surface area (Å²) in [5.74, 6) is 1.39. The van der Waals surface area contributed by atoms with Gasteiger partial charge in [0.1, 0.15) is 5.82 Å². The van der Waals surface area contributed by atoms with Gasteiger partial charge in [-0.3, -0.25) is 13.8 Å². The van der Waals surface area contributed by atoms with Crippen LogP contribution in [-0.2, 0) is 5.75 Å². The van der Waals surface area contributed by atoms with E-state index in [4.69, 9.17) is 0 Å². The molecule has 0 fully saturated rings. The Kier molecular flexibility index (Phi) is 4.14. The van der Waals surface area contributed by atoms with E-state index in [-0.39, 0.29) is 5.56 Å². The molecule has 1 aromatic carbocycles. The Morgan fingerprint density at radius 3 is 2.76 bits per heavy atom. The van der Waals surface area contributed by atoms with Gasteiger partial charge in [0.25, 0.3) is 5.56 Å². The van der Waals surface area contributed by atoms with Crippen LogP contribution in [0.1, 0.15) is 17.1 Å². The summed E-state index contributed by atoms with van der Waals surface area (Å²) in [4.78, 5) is 17.3. The average molecular weight is 369 g/mol. The Labute approximate surface area is 152 Å². The molecule has 0 aliphatic rings. The Morgan fingerprint density at radius 1 is 1.16 bits per heavy atom. The Bertz CT molecular complexity index is 1090. The smallest absolute Gasteiger partial charge is 0.258 e. The van der Waals surface area contributed by atoms with Crippen molar-refractivity contribution in [1.82, 2.24) is 24.1 Å². The van der Waals surface area contributed by atoms with Crippen LogP contribution in [0, 0.1) is 13.8 Å². The van der Waals surface area contributed by atoms with Crippen molar-refractivity contribution in [2.45, 2.75) is 24.8 Å². The van der Waals surface area contributed by atoms with Crippen LogP contribution in [0.4, 0.5) is 0 Å². The number of rotatable bonds is 4. The number of benzene rings is 1. The second-order valence-corrected chi connectivity index (χ2v) is 7.45. The monoisotopic (exact) mass is 369 g/mol. The summed E-state index contributed by atoms with van der Waals surface area (Å²) in [5, 5.41) is 11.1. The highest BCUT2D eigenvalue weighted by atomic mass is 32.2. The maximum atomic E-state index is 12.1. The highest BCUT2D eigenvalue weighted by Crippen LogP contribution is 2.24. The molecule has 4 aromatic rings. The predicted octanol–water partition coefficient (Wildman–Crippen LogP) is 3.25. The van der Waals surface area contributed by atoms with Gasteiger partial charge < -0.3 is 0 Å². The lowest BCUT2D eigenvalue weighted by molar-refractivity contribution is 0.867. The SMILES string of the molecule is Cc1ccc(-n2c(C)nnc2SCc2cc(=O)n3ccsc3n2)cc1. The van der Waals surface area contributed by atoms with Gasteiger partial charge in [-0.1, -0.05) is 29.5 Å². The van der Waals surface area contributed by atoms with Crippen LogP contribution in [0.2, 0.25) is 0 Å². The number of hydrogen-bond donors (Lipinski definition) is 0. The van der Waals surface area contributed by atoms with Gasteiger partial charge in [-0.15, -0.1) is 21.5 Å². The van der Waals surface area contributed by atoms with Crippen molar-refractivity contribution in [3.63, 3.8) is 0 Å². The molecule has 126 valence electrons. The molecule has 8 heteroatoms. The van der Waals surface area contributed by atoms with E-state index in [0.29, 0.717) is 10.7 Å². The molecule has 6 nitrogen and oxygen atoms in total. The van der Waals surface area contributed by atoms with Gasteiger partial charge in [0.2, 0.25) is 0 Å². The summed E-state index contributed by atoms with van der Waals surface area (Å²) in [6.07, 6.45) is 1.74. The lowest BCUT2D eigenvalue weighted by Gasteiger charge is -2.08. The first-order valence-corrected chi connectivity index (χ1v) is 9.56. The molecule has 3 aromatic heterocycles. The number of hydrogen-bond acceptors (Lipinski definition) is 6. The minimum atomic E-state index is -0.0574. The predicted molar refractivity (Wildman–Crippen MR) is 99.7 cm³/mol. The molecule has 0 unspecified atom stereocenters. The van der Waals surface area contributed by atoms with Crippen LogP contribution < -0.4 is 5.56 Å². The molecule has 0 radical (unpaired) electrons. The van der Waals surface area contributed by atoms with E-state index >= 15 is 0 Å².